The van der Waals surface area contributed by atoms with Gasteiger partial charge in [0.15, 0.2) is 0 Å². The summed E-state index contributed by atoms with van der Waals surface area (Å²) in [5.74, 6) is -0.504. The highest BCUT2D eigenvalue weighted by molar-refractivity contribution is 7.79. The van der Waals surface area contributed by atoms with Crippen LogP contribution in [0.15, 0.2) is 6.20 Å². The molecule has 11 heavy (non-hydrogen) atoms. The highest BCUT2D eigenvalue weighted by Crippen LogP contribution is 2.03. The minimum absolute atomic E-state index is 0.0500. The number of nitrogens with zero attached hydrogens (tertiary/aromatic N) is 2. The monoisotopic (exact) mass is 172 g/mol. The Hall–Kier alpha value is -0.970. The number of rotatable bonds is 2. The molecule has 0 aliphatic carbocycles. The number of hydrogen-bond acceptors (Lipinski definition) is 3. The van der Waals surface area contributed by atoms with E-state index in [1.165, 1.54) is 4.57 Å². The van der Waals surface area contributed by atoms with E-state index in [0.717, 1.165) is 0 Å². The second-order valence-electron chi connectivity index (χ2n) is 2.13. The predicted octanol–water partition coefficient (Wildman–Crippen LogP) is 0.548. The fourth-order valence-electron chi connectivity index (χ4n) is 0.803. The topological polar surface area (TPSA) is 55.1 Å². The number of thiol groups is 1. The highest BCUT2D eigenvalue weighted by atomic mass is 32.1. The van der Waals surface area contributed by atoms with Gasteiger partial charge in [-0.15, -0.1) is 0 Å². The Morgan fingerprint density at radius 2 is 2.55 bits per heavy atom. The van der Waals surface area contributed by atoms with Crippen molar-refractivity contribution in [3.8, 4) is 0 Å². The van der Waals surface area contributed by atoms with E-state index in [9.17, 15) is 4.79 Å². The number of aryl methyl sites for hydroxylation is 1. The molecule has 0 amide bonds. The van der Waals surface area contributed by atoms with Gasteiger partial charge >= 0.3 is 5.97 Å². The van der Waals surface area contributed by atoms with Crippen LogP contribution in [-0.4, -0.2) is 20.6 Å². The smallest absolute Gasteiger partial charge is 0.372 e. The minimum atomic E-state index is -1.01. The molecule has 4 nitrogen and oxygen atoms in total. The molecule has 0 saturated heterocycles. The summed E-state index contributed by atoms with van der Waals surface area (Å²) in [6, 6.07) is 0. The number of carboxylic acid groups (broad SMARTS) is 1. The van der Waals surface area contributed by atoms with Gasteiger partial charge in [0.25, 0.3) is 0 Å². The summed E-state index contributed by atoms with van der Waals surface area (Å²) in [4.78, 5) is 14.3. The molecule has 0 aliphatic heterocycles. The molecule has 1 rings (SSSR count). The third-order valence-electron chi connectivity index (χ3n) is 1.28. The van der Waals surface area contributed by atoms with Crippen LogP contribution in [0.5, 0.6) is 0 Å². The molecule has 0 aliphatic rings. The third-order valence-corrected chi connectivity index (χ3v) is 1.60. The van der Waals surface area contributed by atoms with Gasteiger partial charge < -0.3 is 9.67 Å². The second kappa shape index (κ2) is 2.96. The van der Waals surface area contributed by atoms with Gasteiger partial charge in [0.2, 0.25) is 5.82 Å². The quantitative estimate of drug-likeness (QED) is 0.640. The van der Waals surface area contributed by atoms with E-state index in [1.807, 2.05) is 0 Å². The summed E-state index contributed by atoms with van der Waals surface area (Å²) in [6.07, 6.45) is 1.65. The van der Waals surface area contributed by atoms with Crippen LogP contribution in [-0.2, 0) is 12.8 Å². The van der Waals surface area contributed by atoms with Crippen LogP contribution >= 0.6 is 12.6 Å². The second-order valence-corrected chi connectivity index (χ2v) is 2.45. The normalized spacial score (nSPS) is 10.0. The maximum absolute atomic E-state index is 10.4. The van der Waals surface area contributed by atoms with Crippen LogP contribution < -0.4 is 0 Å². The van der Waals surface area contributed by atoms with E-state index in [-0.39, 0.29) is 5.82 Å². The predicted molar refractivity (Wildman–Crippen MR) is 42.9 cm³/mol. The van der Waals surface area contributed by atoms with E-state index in [4.69, 9.17) is 5.11 Å². The van der Waals surface area contributed by atoms with Gasteiger partial charge in [-0.2, -0.15) is 12.6 Å². The lowest BCUT2D eigenvalue weighted by atomic mass is 10.6. The summed E-state index contributed by atoms with van der Waals surface area (Å²) in [6.45, 7) is 0. The Bertz CT molecular complexity index is 282. The van der Waals surface area contributed by atoms with Crippen molar-refractivity contribution in [3.05, 3.63) is 17.7 Å². The van der Waals surface area contributed by atoms with Crippen LogP contribution in [0.25, 0.3) is 0 Å². The van der Waals surface area contributed by atoms with Crippen LogP contribution in [0.4, 0.5) is 0 Å². The zero-order valence-corrected chi connectivity index (χ0v) is 6.88. The molecule has 0 unspecified atom stereocenters. The average molecular weight is 172 g/mol. The first-order valence-electron chi connectivity index (χ1n) is 3.01. The van der Waals surface area contributed by atoms with Crippen molar-refractivity contribution in [2.24, 2.45) is 7.05 Å². The summed E-state index contributed by atoms with van der Waals surface area (Å²) < 4.78 is 1.47. The lowest BCUT2D eigenvalue weighted by molar-refractivity contribution is 0.0679. The molecular formula is C6H8N2O2S. The molecule has 0 bridgehead atoms. The van der Waals surface area contributed by atoms with Crippen molar-refractivity contribution in [3.63, 3.8) is 0 Å². The van der Waals surface area contributed by atoms with Gasteiger partial charge in [-0.1, -0.05) is 0 Å². The number of aromatic carboxylic acids is 1. The van der Waals surface area contributed by atoms with Crippen molar-refractivity contribution in [2.45, 2.75) is 5.75 Å². The molecule has 0 atom stereocenters. The van der Waals surface area contributed by atoms with Crippen LogP contribution in [0.1, 0.15) is 16.3 Å². The molecule has 0 radical (unpaired) electrons. The summed E-state index contributed by atoms with van der Waals surface area (Å²) >= 11 is 3.97. The van der Waals surface area contributed by atoms with Crippen molar-refractivity contribution < 1.29 is 9.90 Å². The first kappa shape index (κ1) is 8.13. The number of carbonyl (C=O) groups is 1. The van der Waals surface area contributed by atoms with Gasteiger partial charge in [0, 0.05) is 19.0 Å². The number of imidazole rings is 1. The number of aromatic nitrogens is 2. The molecule has 0 spiro atoms. The lowest BCUT2D eigenvalue weighted by Gasteiger charge is -1.90. The Balaban J connectivity index is 3.07. The fraction of sp³-hybridized carbons (Fsp3) is 0.333. The lowest BCUT2D eigenvalue weighted by Crippen LogP contribution is -2.05. The van der Waals surface area contributed by atoms with E-state index in [1.54, 1.807) is 13.2 Å². The van der Waals surface area contributed by atoms with Crippen LogP contribution in [0, 0.1) is 0 Å². The number of carboxylic acids is 1. The van der Waals surface area contributed by atoms with Gasteiger partial charge in [0.05, 0.1) is 5.69 Å². The highest BCUT2D eigenvalue weighted by Gasteiger charge is 2.10. The van der Waals surface area contributed by atoms with Crippen molar-refractivity contribution in [2.75, 3.05) is 0 Å². The molecule has 1 heterocycles. The molecule has 0 fully saturated rings. The van der Waals surface area contributed by atoms with E-state index in [2.05, 4.69) is 17.6 Å². The first-order valence-corrected chi connectivity index (χ1v) is 3.64. The van der Waals surface area contributed by atoms with E-state index >= 15 is 0 Å². The molecule has 5 heteroatoms. The maximum atomic E-state index is 10.4. The Morgan fingerprint density at radius 3 is 2.82 bits per heavy atom. The average Bonchev–Trinajstić information content (AvgIpc) is 2.30. The standard InChI is InChI=1S/C6H8N2O2S/c1-8-2-4(3-11)7-5(8)6(9)10/h2,11H,3H2,1H3,(H,9,10). The van der Waals surface area contributed by atoms with Gasteiger partial charge in [-0.05, 0) is 0 Å². The van der Waals surface area contributed by atoms with Gasteiger partial charge in [-0.3, -0.25) is 0 Å². The first-order chi connectivity index (χ1) is 5.15. The third kappa shape index (κ3) is 1.54. The van der Waals surface area contributed by atoms with Crippen molar-refractivity contribution in [1.82, 2.24) is 9.55 Å². The summed E-state index contributed by atoms with van der Waals surface area (Å²) in [7, 11) is 1.64. The van der Waals surface area contributed by atoms with E-state index in [0.29, 0.717) is 11.4 Å². The van der Waals surface area contributed by atoms with Crippen molar-refractivity contribution >= 4 is 18.6 Å². The zero-order chi connectivity index (χ0) is 8.43. The molecule has 60 valence electrons. The van der Waals surface area contributed by atoms with Crippen LogP contribution in [0.2, 0.25) is 0 Å². The Morgan fingerprint density at radius 1 is 1.91 bits per heavy atom. The largest absolute Gasteiger partial charge is 0.475 e. The molecule has 1 N–H and O–H groups in total. The molecule has 1 aromatic heterocycles. The summed E-state index contributed by atoms with van der Waals surface area (Å²) in [5.41, 5.74) is 0.674. The maximum Gasteiger partial charge on any atom is 0.372 e. The Labute approximate surface area is 69.3 Å². The van der Waals surface area contributed by atoms with Crippen molar-refractivity contribution in [1.29, 1.82) is 0 Å². The summed E-state index contributed by atoms with van der Waals surface area (Å²) in [5, 5.41) is 8.57. The zero-order valence-electron chi connectivity index (χ0n) is 5.98. The Kier molecular flexibility index (Phi) is 2.19. The van der Waals surface area contributed by atoms with Gasteiger partial charge in [-0.25, -0.2) is 9.78 Å². The SMILES string of the molecule is Cn1cc(CS)nc1C(=O)O. The molecule has 0 saturated carbocycles. The molecular weight excluding hydrogens is 164 g/mol. The van der Waals surface area contributed by atoms with Crippen LogP contribution in [0.3, 0.4) is 0 Å². The molecule has 0 aromatic carbocycles. The number of hydrogen-bond donors (Lipinski definition) is 2. The minimum Gasteiger partial charge on any atom is -0.475 e. The van der Waals surface area contributed by atoms with Gasteiger partial charge in [0.1, 0.15) is 0 Å². The molecule has 1 aromatic rings. The fourth-order valence-corrected chi connectivity index (χ4v) is 0.956. The van der Waals surface area contributed by atoms with E-state index < -0.39 is 5.97 Å².